The lowest BCUT2D eigenvalue weighted by atomic mass is 10.2. The van der Waals surface area contributed by atoms with E-state index in [-0.39, 0.29) is 10.8 Å². The van der Waals surface area contributed by atoms with Crippen LogP contribution in [-0.4, -0.2) is 59.7 Å². The number of hydrogen-bond donors (Lipinski definition) is 1. The number of anilines is 1. The third-order valence-electron chi connectivity index (χ3n) is 5.44. The van der Waals surface area contributed by atoms with Gasteiger partial charge in [-0.15, -0.1) is 0 Å². The lowest BCUT2D eigenvalue weighted by molar-refractivity contribution is -0.115. The Kier molecular flexibility index (Phi) is 6.57. The fourth-order valence-electron chi connectivity index (χ4n) is 3.57. The molecule has 0 spiro atoms. The van der Waals surface area contributed by atoms with Crippen molar-refractivity contribution >= 4 is 44.4 Å². The van der Waals surface area contributed by atoms with Gasteiger partial charge in [0, 0.05) is 25.8 Å². The number of amides is 1. The van der Waals surface area contributed by atoms with Gasteiger partial charge in [0.05, 0.1) is 34.4 Å². The summed E-state index contributed by atoms with van der Waals surface area (Å²) < 4.78 is 34.8. The van der Waals surface area contributed by atoms with Gasteiger partial charge in [-0.25, -0.2) is 13.4 Å². The van der Waals surface area contributed by atoms with Crippen LogP contribution >= 0.6 is 11.8 Å². The first-order valence-electron chi connectivity index (χ1n) is 10.3. The Morgan fingerprint density at radius 2 is 1.91 bits per heavy atom. The maximum Gasteiger partial charge on any atom is 0.243 e. The van der Waals surface area contributed by atoms with E-state index in [0.717, 1.165) is 16.2 Å². The SMILES string of the molecule is Cc1ccc(NC(=O)C(C)Sc2nc3ccccc3n2C)cc1S(=O)(=O)N1CCOCC1. The van der Waals surface area contributed by atoms with E-state index in [4.69, 9.17) is 4.74 Å². The van der Waals surface area contributed by atoms with Gasteiger partial charge in [-0.1, -0.05) is 30.0 Å². The Bertz CT molecular complexity index is 1250. The van der Waals surface area contributed by atoms with Crippen molar-refractivity contribution in [3.63, 3.8) is 0 Å². The second-order valence-corrected chi connectivity index (χ2v) is 10.9. The molecule has 10 heteroatoms. The number of nitrogens with one attached hydrogen (secondary N) is 1. The molecule has 1 fully saturated rings. The smallest absolute Gasteiger partial charge is 0.243 e. The average molecular weight is 475 g/mol. The number of para-hydroxylation sites is 2. The molecule has 0 saturated carbocycles. The van der Waals surface area contributed by atoms with Crippen LogP contribution in [0.1, 0.15) is 12.5 Å². The molecule has 2 heterocycles. The van der Waals surface area contributed by atoms with Gasteiger partial charge in [-0.05, 0) is 43.7 Å². The molecule has 2 aromatic carbocycles. The third kappa shape index (κ3) is 4.54. The molecule has 8 nitrogen and oxygen atoms in total. The molecule has 0 radical (unpaired) electrons. The Hall–Kier alpha value is -2.40. The predicted octanol–water partition coefficient (Wildman–Crippen LogP) is 3.02. The summed E-state index contributed by atoms with van der Waals surface area (Å²) in [5, 5.41) is 3.17. The molecule has 32 heavy (non-hydrogen) atoms. The molecule has 1 aliphatic rings. The van der Waals surface area contributed by atoms with Gasteiger partial charge in [-0.3, -0.25) is 4.79 Å². The zero-order valence-corrected chi connectivity index (χ0v) is 19.9. The van der Waals surface area contributed by atoms with Crippen molar-refractivity contribution in [3.8, 4) is 0 Å². The highest BCUT2D eigenvalue weighted by molar-refractivity contribution is 8.00. The van der Waals surface area contributed by atoms with Gasteiger partial charge in [0.25, 0.3) is 0 Å². The van der Waals surface area contributed by atoms with E-state index in [1.54, 1.807) is 26.0 Å². The number of sulfonamides is 1. The van der Waals surface area contributed by atoms with Crippen LogP contribution in [0.25, 0.3) is 11.0 Å². The molecular formula is C22H26N4O4S2. The Balaban J connectivity index is 1.50. The predicted molar refractivity (Wildman–Crippen MR) is 125 cm³/mol. The van der Waals surface area contributed by atoms with E-state index >= 15 is 0 Å². The minimum atomic E-state index is -3.66. The van der Waals surface area contributed by atoms with E-state index in [9.17, 15) is 13.2 Å². The van der Waals surface area contributed by atoms with Crippen molar-refractivity contribution in [2.75, 3.05) is 31.6 Å². The molecule has 1 saturated heterocycles. The summed E-state index contributed by atoms with van der Waals surface area (Å²) >= 11 is 1.36. The normalized spacial score (nSPS) is 16.2. The maximum atomic E-state index is 13.1. The number of benzene rings is 2. The van der Waals surface area contributed by atoms with E-state index in [0.29, 0.717) is 37.6 Å². The summed E-state index contributed by atoms with van der Waals surface area (Å²) in [4.78, 5) is 17.6. The zero-order chi connectivity index (χ0) is 22.9. The first-order chi connectivity index (χ1) is 15.3. The highest BCUT2D eigenvalue weighted by Gasteiger charge is 2.28. The van der Waals surface area contributed by atoms with E-state index in [1.807, 2.05) is 35.9 Å². The van der Waals surface area contributed by atoms with Crippen molar-refractivity contribution in [1.29, 1.82) is 0 Å². The quantitative estimate of drug-likeness (QED) is 0.552. The van der Waals surface area contributed by atoms with Crippen molar-refractivity contribution in [1.82, 2.24) is 13.9 Å². The molecule has 1 aliphatic heterocycles. The van der Waals surface area contributed by atoms with Gasteiger partial charge in [0.1, 0.15) is 0 Å². The van der Waals surface area contributed by atoms with Crippen molar-refractivity contribution in [2.24, 2.45) is 7.05 Å². The molecule has 1 unspecified atom stereocenters. The minimum Gasteiger partial charge on any atom is -0.379 e. The largest absolute Gasteiger partial charge is 0.379 e. The fraction of sp³-hybridized carbons (Fsp3) is 0.364. The maximum absolute atomic E-state index is 13.1. The number of fused-ring (bicyclic) bond motifs is 1. The van der Waals surface area contributed by atoms with Crippen LogP contribution in [0.2, 0.25) is 0 Å². The second-order valence-electron chi connectivity index (χ2n) is 7.69. The molecule has 0 aliphatic carbocycles. The molecule has 4 rings (SSSR count). The fourth-order valence-corrected chi connectivity index (χ4v) is 6.11. The number of aryl methyl sites for hydroxylation is 2. The van der Waals surface area contributed by atoms with Gasteiger partial charge >= 0.3 is 0 Å². The first-order valence-corrected chi connectivity index (χ1v) is 12.7. The van der Waals surface area contributed by atoms with E-state index in [2.05, 4.69) is 10.3 Å². The van der Waals surface area contributed by atoms with E-state index < -0.39 is 15.3 Å². The molecule has 1 atom stereocenters. The zero-order valence-electron chi connectivity index (χ0n) is 18.2. The average Bonchev–Trinajstić information content (AvgIpc) is 3.11. The summed E-state index contributed by atoms with van der Waals surface area (Å²) in [5.74, 6) is -0.222. The lowest BCUT2D eigenvalue weighted by Crippen LogP contribution is -2.40. The van der Waals surface area contributed by atoms with Crippen LogP contribution in [0, 0.1) is 6.92 Å². The lowest BCUT2D eigenvalue weighted by Gasteiger charge is -2.27. The molecular weight excluding hydrogens is 448 g/mol. The standard InChI is InChI=1S/C22H26N4O4S2/c1-15-8-9-17(14-20(15)32(28,29)26-10-12-30-13-11-26)23-21(27)16(2)31-22-24-18-6-4-5-7-19(18)25(22)3/h4-9,14,16H,10-13H2,1-3H3,(H,23,27). The number of rotatable bonds is 6. The Labute approximate surface area is 192 Å². The van der Waals surface area contributed by atoms with Crippen molar-refractivity contribution < 1.29 is 17.9 Å². The van der Waals surface area contributed by atoms with Crippen LogP contribution in [0.4, 0.5) is 5.69 Å². The third-order valence-corrected chi connectivity index (χ3v) is 8.63. The summed E-state index contributed by atoms with van der Waals surface area (Å²) in [7, 11) is -1.74. The Morgan fingerprint density at radius 1 is 1.19 bits per heavy atom. The summed E-state index contributed by atoms with van der Waals surface area (Å²) in [6, 6.07) is 12.8. The second kappa shape index (κ2) is 9.22. The highest BCUT2D eigenvalue weighted by atomic mass is 32.2. The van der Waals surface area contributed by atoms with Crippen LogP contribution in [0.3, 0.4) is 0 Å². The van der Waals surface area contributed by atoms with Gasteiger partial charge in [-0.2, -0.15) is 4.31 Å². The Morgan fingerprint density at radius 3 is 2.62 bits per heavy atom. The molecule has 1 N–H and O–H groups in total. The van der Waals surface area contributed by atoms with E-state index in [1.165, 1.54) is 22.1 Å². The van der Waals surface area contributed by atoms with Gasteiger partial charge in [0.2, 0.25) is 15.9 Å². The number of nitrogens with zero attached hydrogens (tertiary/aromatic N) is 3. The molecule has 170 valence electrons. The molecule has 3 aromatic rings. The number of morpholine rings is 1. The van der Waals surface area contributed by atoms with Crippen LogP contribution in [-0.2, 0) is 26.6 Å². The van der Waals surface area contributed by atoms with Crippen molar-refractivity contribution in [2.45, 2.75) is 29.1 Å². The summed E-state index contributed by atoms with van der Waals surface area (Å²) in [6.07, 6.45) is 0. The number of hydrogen-bond acceptors (Lipinski definition) is 6. The molecule has 1 aromatic heterocycles. The number of ether oxygens (including phenoxy) is 1. The number of thioether (sulfide) groups is 1. The summed E-state index contributed by atoms with van der Waals surface area (Å²) in [5.41, 5.74) is 2.96. The van der Waals surface area contributed by atoms with Crippen LogP contribution in [0.15, 0.2) is 52.5 Å². The number of carbonyl (C=O) groups is 1. The molecule has 1 amide bonds. The van der Waals surface area contributed by atoms with Crippen LogP contribution in [0.5, 0.6) is 0 Å². The molecule has 0 bridgehead atoms. The number of aromatic nitrogens is 2. The number of imidazole rings is 1. The van der Waals surface area contributed by atoms with Gasteiger partial charge in [0.15, 0.2) is 5.16 Å². The minimum absolute atomic E-state index is 0.202. The monoisotopic (exact) mass is 474 g/mol. The topological polar surface area (TPSA) is 93.5 Å². The summed E-state index contributed by atoms with van der Waals surface area (Å²) in [6.45, 7) is 4.97. The van der Waals surface area contributed by atoms with Crippen LogP contribution < -0.4 is 5.32 Å². The highest BCUT2D eigenvalue weighted by Crippen LogP contribution is 2.28. The van der Waals surface area contributed by atoms with Gasteiger partial charge < -0.3 is 14.6 Å². The van der Waals surface area contributed by atoms with Crippen molar-refractivity contribution in [3.05, 3.63) is 48.0 Å². The number of carbonyl (C=O) groups excluding carboxylic acids is 1. The first kappa shape index (κ1) is 22.8.